The van der Waals surface area contributed by atoms with Crippen molar-refractivity contribution in [2.24, 2.45) is 0 Å². The molecule has 4 aromatic carbocycles. The molecule has 2 aromatic heterocycles. The Morgan fingerprint density at radius 3 is 1.60 bits per heavy atom. The van der Waals surface area contributed by atoms with Crippen LogP contribution in [-0.4, -0.2) is 38.9 Å². The van der Waals surface area contributed by atoms with E-state index in [0.29, 0.717) is 44.5 Å². The number of anilines is 4. The minimum Gasteiger partial charge on any atom is -0.423 e. The Morgan fingerprint density at radius 1 is 0.640 bits per heavy atom. The Labute approximate surface area is 296 Å². The number of para-hydroxylation sites is 4. The van der Waals surface area contributed by atoms with Crippen LogP contribution in [0.1, 0.15) is 31.8 Å². The standard InChI is InChI=1S/C19H17N3O.C12H10ClN3O.C7H9BO2/c1-13-5-4-6-14(11-13)17-10-9-15(12-21-17)19(23)22-18-8-3-2-7-16(18)20;13-11-6-5-8(7-15-11)12(17)16-10-4-2-1-3-9(10)14;1-6-3-2-4-7(5-6)8(9)10/h2-12H,20H2,1H3,(H,22,23);1-7H,14H2,(H,16,17);2-5,9-10H,1H3. The summed E-state index contributed by atoms with van der Waals surface area (Å²) >= 11 is 5.64. The Bertz CT molecular complexity index is 2040. The van der Waals surface area contributed by atoms with Gasteiger partial charge in [0.05, 0.1) is 39.6 Å². The number of nitrogens with one attached hydrogen (secondary N) is 2. The van der Waals surface area contributed by atoms with Crippen LogP contribution in [0.4, 0.5) is 22.7 Å². The van der Waals surface area contributed by atoms with E-state index >= 15 is 0 Å². The number of hydrogen-bond donors (Lipinski definition) is 6. The fraction of sp³-hybridized carbons (Fsp3) is 0.0526. The van der Waals surface area contributed by atoms with Crippen LogP contribution < -0.4 is 27.6 Å². The molecule has 0 bridgehead atoms. The van der Waals surface area contributed by atoms with Gasteiger partial charge in [0.1, 0.15) is 5.15 Å². The summed E-state index contributed by atoms with van der Waals surface area (Å²) in [5, 5.41) is 23.2. The number of carbonyl (C=O) groups excluding carboxylic acids is 2. The first-order chi connectivity index (χ1) is 24.0. The Balaban J connectivity index is 0.000000182. The second-order valence-electron chi connectivity index (χ2n) is 11.0. The van der Waals surface area contributed by atoms with E-state index in [-0.39, 0.29) is 11.8 Å². The number of halogens is 1. The third kappa shape index (κ3) is 11.0. The zero-order valence-electron chi connectivity index (χ0n) is 27.4. The van der Waals surface area contributed by atoms with E-state index in [1.54, 1.807) is 79.0 Å². The van der Waals surface area contributed by atoms with Crippen molar-refractivity contribution >= 4 is 58.7 Å². The van der Waals surface area contributed by atoms with Crippen molar-refractivity contribution in [1.29, 1.82) is 0 Å². The van der Waals surface area contributed by atoms with Crippen LogP contribution in [0.25, 0.3) is 11.3 Å². The topological polar surface area (TPSA) is 176 Å². The van der Waals surface area contributed by atoms with Crippen molar-refractivity contribution in [2.75, 3.05) is 22.1 Å². The number of aryl methyl sites for hydroxylation is 2. The monoisotopic (exact) mass is 686 g/mol. The molecule has 50 heavy (non-hydrogen) atoms. The van der Waals surface area contributed by atoms with Crippen LogP contribution in [0.5, 0.6) is 0 Å². The lowest BCUT2D eigenvalue weighted by Crippen LogP contribution is -2.29. The minimum atomic E-state index is -1.35. The molecule has 0 unspecified atom stereocenters. The molecule has 0 atom stereocenters. The number of nitrogens with two attached hydrogens (primary N) is 2. The summed E-state index contributed by atoms with van der Waals surface area (Å²) < 4.78 is 0. The molecule has 2 heterocycles. The third-order valence-electron chi connectivity index (χ3n) is 7.09. The van der Waals surface area contributed by atoms with Gasteiger partial charge in [0, 0.05) is 18.0 Å². The maximum absolute atomic E-state index is 12.3. The van der Waals surface area contributed by atoms with Crippen LogP contribution in [0, 0.1) is 13.8 Å². The highest BCUT2D eigenvalue weighted by molar-refractivity contribution is 6.58. The van der Waals surface area contributed by atoms with Gasteiger partial charge in [-0.25, -0.2) is 4.98 Å². The summed E-state index contributed by atoms with van der Waals surface area (Å²) in [6.07, 6.45) is 2.99. The number of benzene rings is 4. The molecule has 12 heteroatoms. The molecule has 2 amide bonds. The van der Waals surface area contributed by atoms with Gasteiger partial charge in [-0.2, -0.15) is 0 Å². The number of pyridine rings is 2. The molecule has 0 aliphatic carbocycles. The number of aromatic nitrogens is 2. The fourth-order valence-electron chi connectivity index (χ4n) is 4.45. The Morgan fingerprint density at radius 2 is 1.16 bits per heavy atom. The number of hydrogen-bond acceptors (Lipinski definition) is 8. The van der Waals surface area contributed by atoms with Crippen molar-refractivity contribution in [3.63, 3.8) is 0 Å². The zero-order chi connectivity index (χ0) is 36.0. The van der Waals surface area contributed by atoms with Gasteiger partial charge < -0.3 is 32.1 Å². The maximum Gasteiger partial charge on any atom is 0.488 e. The summed E-state index contributed by atoms with van der Waals surface area (Å²) in [4.78, 5) is 32.3. The smallest absolute Gasteiger partial charge is 0.423 e. The van der Waals surface area contributed by atoms with Crippen LogP contribution in [0.2, 0.25) is 5.15 Å². The molecule has 0 fully saturated rings. The molecule has 6 rings (SSSR count). The van der Waals surface area contributed by atoms with Gasteiger partial charge in [-0.05, 0) is 73.9 Å². The van der Waals surface area contributed by atoms with Gasteiger partial charge in [0.2, 0.25) is 0 Å². The molecule has 0 spiro atoms. The van der Waals surface area contributed by atoms with Crippen molar-refractivity contribution in [3.05, 3.63) is 161 Å². The normalized spacial score (nSPS) is 10.0. The summed E-state index contributed by atoms with van der Waals surface area (Å²) in [5.41, 5.74) is 19.3. The lowest BCUT2D eigenvalue weighted by molar-refractivity contribution is 0.101. The largest absolute Gasteiger partial charge is 0.488 e. The van der Waals surface area contributed by atoms with Gasteiger partial charge >= 0.3 is 7.12 Å². The molecule has 0 saturated carbocycles. The first kappa shape index (κ1) is 36.8. The third-order valence-corrected chi connectivity index (χ3v) is 7.31. The predicted octanol–water partition coefficient (Wildman–Crippen LogP) is 6.14. The highest BCUT2D eigenvalue weighted by Crippen LogP contribution is 2.21. The van der Waals surface area contributed by atoms with E-state index in [4.69, 9.17) is 33.1 Å². The Hall–Kier alpha value is -6.01. The molecule has 0 radical (unpaired) electrons. The molecule has 252 valence electrons. The molecule has 0 saturated heterocycles. The van der Waals surface area contributed by atoms with Gasteiger partial charge in [-0.1, -0.05) is 89.5 Å². The second kappa shape index (κ2) is 17.9. The summed E-state index contributed by atoms with van der Waals surface area (Å²) in [6.45, 7) is 3.95. The fourth-order valence-corrected chi connectivity index (χ4v) is 4.57. The zero-order valence-corrected chi connectivity index (χ0v) is 28.2. The average Bonchev–Trinajstić information content (AvgIpc) is 3.11. The van der Waals surface area contributed by atoms with E-state index in [0.717, 1.165) is 16.8 Å². The first-order valence-electron chi connectivity index (χ1n) is 15.4. The highest BCUT2D eigenvalue weighted by Gasteiger charge is 2.11. The van der Waals surface area contributed by atoms with Gasteiger partial charge in [0.25, 0.3) is 11.8 Å². The van der Waals surface area contributed by atoms with Crippen LogP contribution in [0.15, 0.2) is 134 Å². The van der Waals surface area contributed by atoms with E-state index < -0.39 is 7.12 Å². The van der Waals surface area contributed by atoms with Crippen LogP contribution >= 0.6 is 11.6 Å². The van der Waals surface area contributed by atoms with E-state index in [2.05, 4.69) is 26.7 Å². The molecule has 0 aliphatic heterocycles. The van der Waals surface area contributed by atoms with E-state index in [1.165, 1.54) is 11.8 Å². The lowest BCUT2D eigenvalue weighted by Gasteiger charge is -2.08. The Kier molecular flexibility index (Phi) is 13.2. The summed E-state index contributed by atoms with van der Waals surface area (Å²) in [6, 6.07) is 36.2. The second-order valence-corrected chi connectivity index (χ2v) is 11.4. The molecule has 6 aromatic rings. The molecule has 8 N–H and O–H groups in total. The van der Waals surface area contributed by atoms with E-state index in [9.17, 15) is 9.59 Å². The molecular weight excluding hydrogens is 651 g/mol. The first-order valence-corrected chi connectivity index (χ1v) is 15.8. The molecular formula is C38H36BClN6O4. The average molecular weight is 687 g/mol. The summed E-state index contributed by atoms with van der Waals surface area (Å²) in [5.74, 6) is -0.502. The van der Waals surface area contributed by atoms with Crippen LogP contribution in [-0.2, 0) is 0 Å². The molecule has 0 aliphatic rings. The van der Waals surface area contributed by atoms with Crippen molar-refractivity contribution < 1.29 is 19.6 Å². The minimum absolute atomic E-state index is 0.230. The van der Waals surface area contributed by atoms with Crippen molar-refractivity contribution in [1.82, 2.24) is 9.97 Å². The van der Waals surface area contributed by atoms with Crippen molar-refractivity contribution in [3.8, 4) is 11.3 Å². The van der Waals surface area contributed by atoms with Gasteiger partial charge in [-0.3, -0.25) is 14.6 Å². The number of nitrogen functional groups attached to an aromatic ring is 2. The van der Waals surface area contributed by atoms with E-state index in [1.807, 2.05) is 56.3 Å². The van der Waals surface area contributed by atoms with Crippen LogP contribution in [0.3, 0.4) is 0 Å². The van der Waals surface area contributed by atoms with Gasteiger partial charge in [-0.15, -0.1) is 0 Å². The molecule has 10 nitrogen and oxygen atoms in total. The van der Waals surface area contributed by atoms with Gasteiger partial charge in [0.15, 0.2) is 0 Å². The maximum atomic E-state index is 12.3. The lowest BCUT2D eigenvalue weighted by atomic mass is 9.80. The SMILES string of the molecule is Cc1cccc(-c2ccc(C(=O)Nc3ccccc3N)cn2)c1.Cc1cccc(B(O)O)c1.Nc1ccccc1NC(=O)c1ccc(Cl)nc1. The van der Waals surface area contributed by atoms with Crippen molar-refractivity contribution in [2.45, 2.75) is 13.8 Å². The summed E-state index contributed by atoms with van der Waals surface area (Å²) in [7, 11) is -1.35. The number of nitrogens with zero attached hydrogens (tertiary/aromatic N) is 2. The highest BCUT2D eigenvalue weighted by atomic mass is 35.5. The number of amides is 2. The number of rotatable bonds is 6. The quantitative estimate of drug-likeness (QED) is 0.0688. The predicted molar refractivity (Wildman–Crippen MR) is 202 cm³/mol. The number of carbonyl (C=O) groups is 2.